The second-order valence-corrected chi connectivity index (χ2v) is 7.28. The van der Waals surface area contributed by atoms with Crippen LogP contribution in [-0.4, -0.2) is 29.8 Å². The SMILES string of the molecule is O=C(CC[C@H]1CCCN(C(=O)C#Cc2ccccc2)C1)NCc1ccccc1F. The summed E-state index contributed by atoms with van der Waals surface area (Å²) in [5, 5.41) is 2.77. The molecule has 0 aromatic heterocycles. The van der Waals surface area contributed by atoms with Crippen LogP contribution >= 0.6 is 0 Å². The molecule has 1 aliphatic rings. The molecule has 5 heteroatoms. The normalized spacial score (nSPS) is 15.9. The number of carbonyl (C=O) groups is 2. The van der Waals surface area contributed by atoms with Gasteiger partial charge in [-0.15, -0.1) is 0 Å². The molecule has 1 atom stereocenters. The molecule has 0 bridgehead atoms. The number of hydrogen-bond acceptors (Lipinski definition) is 2. The number of piperidine rings is 1. The molecule has 0 unspecified atom stereocenters. The Morgan fingerprint density at radius 2 is 1.86 bits per heavy atom. The van der Waals surface area contributed by atoms with Gasteiger partial charge in [0.05, 0.1) is 0 Å². The van der Waals surface area contributed by atoms with Crippen molar-refractivity contribution in [2.45, 2.75) is 32.2 Å². The maximum Gasteiger partial charge on any atom is 0.298 e. The van der Waals surface area contributed by atoms with Crippen LogP contribution in [0.5, 0.6) is 0 Å². The minimum absolute atomic E-state index is 0.0967. The van der Waals surface area contributed by atoms with E-state index in [9.17, 15) is 14.0 Å². The number of likely N-dealkylation sites (tertiary alicyclic amines) is 1. The molecule has 29 heavy (non-hydrogen) atoms. The maximum atomic E-state index is 13.6. The van der Waals surface area contributed by atoms with Crippen LogP contribution in [0.15, 0.2) is 54.6 Å². The van der Waals surface area contributed by atoms with E-state index in [1.807, 2.05) is 30.3 Å². The predicted molar refractivity (Wildman–Crippen MR) is 110 cm³/mol. The van der Waals surface area contributed by atoms with Gasteiger partial charge in [0.25, 0.3) is 5.91 Å². The lowest BCUT2D eigenvalue weighted by molar-refractivity contribution is -0.126. The third-order valence-corrected chi connectivity index (χ3v) is 5.11. The number of nitrogens with zero attached hydrogens (tertiary/aromatic N) is 1. The molecule has 4 nitrogen and oxygen atoms in total. The minimum Gasteiger partial charge on any atom is -0.352 e. The highest BCUT2D eigenvalue weighted by Crippen LogP contribution is 2.21. The van der Waals surface area contributed by atoms with Crippen LogP contribution in [0.2, 0.25) is 0 Å². The molecule has 1 fully saturated rings. The first-order valence-corrected chi connectivity index (χ1v) is 9.98. The Kier molecular flexibility index (Phi) is 7.40. The molecule has 0 aliphatic carbocycles. The van der Waals surface area contributed by atoms with Crippen LogP contribution in [0.3, 0.4) is 0 Å². The van der Waals surface area contributed by atoms with Gasteiger partial charge < -0.3 is 10.2 Å². The van der Waals surface area contributed by atoms with Gasteiger partial charge in [-0.05, 0) is 43.4 Å². The van der Waals surface area contributed by atoms with E-state index in [-0.39, 0.29) is 30.1 Å². The molecule has 0 radical (unpaired) electrons. The van der Waals surface area contributed by atoms with Crippen molar-refractivity contribution in [3.8, 4) is 11.8 Å². The van der Waals surface area contributed by atoms with Crippen LogP contribution in [0.4, 0.5) is 4.39 Å². The lowest BCUT2D eigenvalue weighted by Gasteiger charge is -2.31. The summed E-state index contributed by atoms with van der Waals surface area (Å²) in [7, 11) is 0. The number of nitrogens with one attached hydrogen (secondary N) is 1. The van der Waals surface area contributed by atoms with Crippen LogP contribution in [0, 0.1) is 23.6 Å². The number of benzene rings is 2. The summed E-state index contributed by atoms with van der Waals surface area (Å²) >= 11 is 0. The average molecular weight is 392 g/mol. The molecule has 1 N–H and O–H groups in total. The number of carbonyl (C=O) groups excluding carboxylic acids is 2. The Labute approximate surface area is 171 Å². The third-order valence-electron chi connectivity index (χ3n) is 5.11. The Bertz CT molecular complexity index is 902. The average Bonchev–Trinajstić information content (AvgIpc) is 2.76. The maximum absolute atomic E-state index is 13.6. The Morgan fingerprint density at radius 3 is 2.66 bits per heavy atom. The van der Waals surface area contributed by atoms with Crippen molar-refractivity contribution in [3.63, 3.8) is 0 Å². The van der Waals surface area contributed by atoms with Gasteiger partial charge in [0.1, 0.15) is 5.82 Å². The molecule has 150 valence electrons. The van der Waals surface area contributed by atoms with Gasteiger partial charge in [-0.2, -0.15) is 0 Å². The first-order chi connectivity index (χ1) is 14.1. The second kappa shape index (κ2) is 10.4. The summed E-state index contributed by atoms with van der Waals surface area (Å²) in [6.07, 6.45) is 2.99. The fourth-order valence-electron chi connectivity index (χ4n) is 3.47. The first kappa shape index (κ1) is 20.6. The molecule has 2 amide bonds. The van der Waals surface area contributed by atoms with Crippen LogP contribution in [-0.2, 0) is 16.1 Å². The zero-order valence-corrected chi connectivity index (χ0v) is 16.4. The highest BCUT2D eigenvalue weighted by molar-refractivity contribution is 5.94. The van der Waals surface area contributed by atoms with E-state index in [4.69, 9.17) is 0 Å². The quantitative estimate of drug-likeness (QED) is 0.792. The van der Waals surface area contributed by atoms with Gasteiger partial charge in [0, 0.05) is 43.1 Å². The van der Waals surface area contributed by atoms with E-state index in [0.717, 1.165) is 18.4 Å². The van der Waals surface area contributed by atoms with E-state index in [2.05, 4.69) is 17.2 Å². The topological polar surface area (TPSA) is 49.4 Å². The fourth-order valence-corrected chi connectivity index (χ4v) is 3.47. The van der Waals surface area contributed by atoms with Gasteiger partial charge in [0.2, 0.25) is 5.91 Å². The Balaban J connectivity index is 1.43. The zero-order chi connectivity index (χ0) is 20.5. The minimum atomic E-state index is -0.314. The molecule has 2 aromatic carbocycles. The van der Waals surface area contributed by atoms with Gasteiger partial charge in [-0.1, -0.05) is 42.3 Å². The van der Waals surface area contributed by atoms with Crippen molar-refractivity contribution in [2.75, 3.05) is 13.1 Å². The third kappa shape index (κ3) is 6.46. The molecule has 0 spiro atoms. The monoisotopic (exact) mass is 392 g/mol. The summed E-state index contributed by atoms with van der Waals surface area (Å²) in [5.41, 5.74) is 1.30. The van der Waals surface area contributed by atoms with Crippen molar-refractivity contribution in [1.29, 1.82) is 0 Å². The zero-order valence-electron chi connectivity index (χ0n) is 16.4. The summed E-state index contributed by atoms with van der Waals surface area (Å²) in [4.78, 5) is 26.3. The highest BCUT2D eigenvalue weighted by Gasteiger charge is 2.23. The van der Waals surface area contributed by atoms with E-state index < -0.39 is 0 Å². The molecule has 1 saturated heterocycles. The van der Waals surface area contributed by atoms with Gasteiger partial charge >= 0.3 is 0 Å². The highest BCUT2D eigenvalue weighted by atomic mass is 19.1. The molecule has 1 aliphatic heterocycles. The van der Waals surface area contributed by atoms with E-state index in [1.165, 1.54) is 6.07 Å². The lowest BCUT2D eigenvalue weighted by Crippen LogP contribution is -2.39. The summed E-state index contributed by atoms with van der Waals surface area (Å²) < 4.78 is 13.6. The molecular weight excluding hydrogens is 367 g/mol. The van der Waals surface area contributed by atoms with E-state index in [0.29, 0.717) is 31.5 Å². The van der Waals surface area contributed by atoms with Crippen LogP contribution in [0.1, 0.15) is 36.8 Å². The number of hydrogen-bond donors (Lipinski definition) is 1. The molecule has 1 heterocycles. The number of rotatable bonds is 5. The molecular formula is C24H25FN2O2. The van der Waals surface area contributed by atoms with Crippen LogP contribution in [0.25, 0.3) is 0 Å². The largest absolute Gasteiger partial charge is 0.352 e. The van der Waals surface area contributed by atoms with Crippen molar-refractivity contribution in [2.24, 2.45) is 5.92 Å². The molecule has 2 aromatic rings. The summed E-state index contributed by atoms with van der Waals surface area (Å²) in [6, 6.07) is 15.9. The van der Waals surface area contributed by atoms with Gasteiger partial charge in [-0.25, -0.2) is 4.39 Å². The standard InChI is InChI=1S/C24H25FN2O2/c25-22-11-5-4-10-21(22)17-26-23(28)14-12-20-9-6-16-27(18-20)24(29)15-13-19-7-2-1-3-8-19/h1-5,7-8,10-11,20H,6,9,12,14,16-18H2,(H,26,28)/t20-/m1/s1. The Morgan fingerprint density at radius 1 is 1.10 bits per heavy atom. The molecule has 0 saturated carbocycles. The van der Waals surface area contributed by atoms with Crippen molar-refractivity contribution in [3.05, 3.63) is 71.5 Å². The van der Waals surface area contributed by atoms with Crippen molar-refractivity contribution >= 4 is 11.8 Å². The van der Waals surface area contributed by atoms with E-state index >= 15 is 0 Å². The smallest absolute Gasteiger partial charge is 0.298 e. The summed E-state index contributed by atoms with van der Waals surface area (Å²) in [5.74, 6) is 5.34. The van der Waals surface area contributed by atoms with Crippen LogP contribution < -0.4 is 5.32 Å². The summed E-state index contributed by atoms with van der Waals surface area (Å²) in [6.45, 7) is 1.52. The molecule has 3 rings (SSSR count). The predicted octanol–water partition coefficient (Wildman–Crippen LogP) is 3.51. The van der Waals surface area contributed by atoms with Gasteiger partial charge in [-0.3, -0.25) is 9.59 Å². The number of halogens is 1. The van der Waals surface area contributed by atoms with Crippen molar-refractivity contribution < 1.29 is 14.0 Å². The second-order valence-electron chi connectivity index (χ2n) is 7.28. The first-order valence-electron chi connectivity index (χ1n) is 9.98. The van der Waals surface area contributed by atoms with E-state index in [1.54, 1.807) is 23.1 Å². The lowest BCUT2D eigenvalue weighted by atomic mass is 9.93. The Hall–Kier alpha value is -3.13. The van der Waals surface area contributed by atoms with Crippen molar-refractivity contribution in [1.82, 2.24) is 10.2 Å². The number of amides is 2. The fraction of sp³-hybridized carbons (Fsp3) is 0.333. The van der Waals surface area contributed by atoms with Gasteiger partial charge in [0.15, 0.2) is 0 Å².